The van der Waals surface area contributed by atoms with E-state index in [2.05, 4.69) is 98.6 Å². The van der Waals surface area contributed by atoms with Gasteiger partial charge in [0.2, 0.25) is 0 Å². The van der Waals surface area contributed by atoms with Crippen LogP contribution in [-0.4, -0.2) is 50.0 Å². The molecule has 0 N–H and O–H groups in total. The van der Waals surface area contributed by atoms with Crippen LogP contribution in [0, 0.1) is 0 Å². The van der Waals surface area contributed by atoms with Crippen molar-refractivity contribution in [3.8, 4) is 0 Å². The molecule has 3 aromatic rings. The van der Waals surface area contributed by atoms with Crippen molar-refractivity contribution in [2.75, 3.05) is 50.0 Å². The minimum absolute atomic E-state index is 1.31. The van der Waals surface area contributed by atoms with Gasteiger partial charge in [-0.15, -0.1) is 128 Å². The lowest BCUT2D eigenvalue weighted by Gasteiger charge is -2.09. The third-order valence-electron chi connectivity index (χ3n) is 7.44. The van der Waals surface area contributed by atoms with Crippen molar-refractivity contribution in [1.82, 2.24) is 0 Å². The number of thiophene rings is 3. The smallest absolute Gasteiger partial charge is 0.0657 e. The first-order valence-electron chi connectivity index (χ1n) is 15.8. The summed E-state index contributed by atoms with van der Waals surface area (Å²) in [6, 6.07) is 14.1. The van der Waals surface area contributed by atoms with Crippen molar-refractivity contribution in [2.24, 2.45) is 0 Å². The number of rotatable bonds is 14. The monoisotopic (exact) mass is 1070 g/mol. The minimum Gasteiger partial charge on any atom is -0.136 e. The zero-order valence-electron chi connectivity index (χ0n) is 30.4. The lowest BCUT2D eigenvalue weighted by molar-refractivity contribution is 1.77. The molecule has 0 unspecified atom stereocenters. The molecule has 7 rings (SSSR count). The maximum absolute atomic E-state index is 2.39. The average Bonchev–Trinajstić information content (AvgIpc) is 4.07. The first kappa shape index (κ1) is 45.6. The molecule has 4 aliphatic heterocycles. The molecule has 7 heterocycles. The fraction of sp³-hybridized carbons (Fsp3) is 0.222. The van der Waals surface area contributed by atoms with Gasteiger partial charge in [0.15, 0.2) is 0 Å². The van der Waals surface area contributed by atoms with E-state index < -0.39 is 0 Å². The molecular weight excluding hydrogens is 1040 g/mol. The largest absolute Gasteiger partial charge is 0.136 e. The normalized spacial score (nSPS) is 17.7. The van der Waals surface area contributed by atoms with Crippen molar-refractivity contribution in [2.45, 2.75) is 0 Å². The van der Waals surface area contributed by atoms with E-state index in [-0.39, 0.29) is 0 Å². The Kier molecular flexibility index (Phi) is 18.1. The van der Waals surface area contributed by atoms with Crippen LogP contribution in [0.5, 0.6) is 0 Å². The molecule has 55 heavy (non-hydrogen) atoms. The quantitative estimate of drug-likeness (QED) is 0.150. The Balaban J connectivity index is 1.27. The second-order valence-electron chi connectivity index (χ2n) is 10.6. The average molecular weight is 1070 g/mol. The molecule has 0 fully saturated rings. The first-order chi connectivity index (χ1) is 26.8. The van der Waals surface area contributed by atoms with E-state index in [0.29, 0.717) is 0 Å². The van der Waals surface area contributed by atoms with Crippen LogP contribution in [-0.2, 0) is 0 Å². The molecule has 0 nitrogen and oxygen atoms in total. The maximum Gasteiger partial charge on any atom is 0.0657 e. The van der Waals surface area contributed by atoms with E-state index >= 15 is 0 Å². The summed E-state index contributed by atoms with van der Waals surface area (Å²) in [5, 5.41) is 0. The lowest BCUT2D eigenvalue weighted by atomic mass is 10.2. The number of hydrogen-bond acceptors (Lipinski definition) is 19. The molecule has 0 saturated carbocycles. The fourth-order valence-electron chi connectivity index (χ4n) is 5.05. The third kappa shape index (κ3) is 10.7. The van der Waals surface area contributed by atoms with Crippen LogP contribution in [0.15, 0.2) is 87.2 Å². The summed E-state index contributed by atoms with van der Waals surface area (Å²) in [6.07, 6.45) is 22.4. The molecule has 3 aromatic heterocycles. The standard InChI is InChI=1S/C36H32S19/c1-37-29-30(38-2)49-23(48-29)15-17-9-11-19(45-17)25(27-52-33(41-5)34(42-6)53-27)21-13-14-22(47-21)26(28-54-35(43-7)36(44-8)55-28)20-12-10-18(46-20)16-24-50-31(39-3)32(40-4)51-24/h9-16H,1-8H3. The van der Waals surface area contributed by atoms with Gasteiger partial charge >= 0.3 is 0 Å². The zero-order chi connectivity index (χ0) is 38.6. The van der Waals surface area contributed by atoms with E-state index in [0.717, 1.165) is 0 Å². The molecule has 0 radical (unpaired) electrons. The van der Waals surface area contributed by atoms with Crippen molar-refractivity contribution < 1.29 is 0 Å². The second-order valence-corrected chi connectivity index (χ2v) is 31.8. The van der Waals surface area contributed by atoms with Crippen LogP contribution in [0.4, 0.5) is 0 Å². The Morgan fingerprint density at radius 3 is 0.891 bits per heavy atom. The van der Waals surface area contributed by atoms with Crippen LogP contribution in [0.25, 0.3) is 23.3 Å². The summed E-state index contributed by atoms with van der Waals surface area (Å²) in [4.78, 5) is 7.96. The molecule has 0 aromatic carbocycles. The molecule has 0 atom stereocenters. The van der Waals surface area contributed by atoms with E-state index in [1.165, 1.54) is 91.3 Å². The summed E-state index contributed by atoms with van der Waals surface area (Å²) >= 11 is 36.2. The highest BCUT2D eigenvalue weighted by Crippen LogP contribution is 2.63. The SMILES string of the molecule is CSC1=C(SC)SC(=Cc2ccc(C(=C3SC(SC)=C(SC)S3)c3ccc(C(=C4SC(SC)=C(SC)S4)c4ccc(C=C5SC(SC)=C(SC)S5)s4)s3)s2)S1. The summed E-state index contributed by atoms with van der Waals surface area (Å²) < 4.78 is 16.8. The zero-order valence-corrected chi connectivity index (χ0v) is 45.9. The van der Waals surface area contributed by atoms with Crippen LogP contribution in [0.2, 0.25) is 0 Å². The summed E-state index contributed by atoms with van der Waals surface area (Å²) in [7, 11) is 0. The van der Waals surface area contributed by atoms with Crippen molar-refractivity contribution >= 4 is 245 Å². The molecule has 0 bridgehead atoms. The van der Waals surface area contributed by atoms with Gasteiger partial charge < -0.3 is 0 Å². The molecule has 0 amide bonds. The Morgan fingerprint density at radius 1 is 0.345 bits per heavy atom. The molecule has 0 saturated heterocycles. The van der Waals surface area contributed by atoms with Gasteiger partial charge in [-0.1, -0.05) is 94.1 Å². The van der Waals surface area contributed by atoms with E-state index in [4.69, 9.17) is 0 Å². The van der Waals surface area contributed by atoms with Gasteiger partial charge in [-0.05, 0) is 98.6 Å². The summed E-state index contributed by atoms with van der Waals surface area (Å²) in [5.74, 6) is 0. The lowest BCUT2D eigenvalue weighted by Crippen LogP contribution is -1.84. The van der Waals surface area contributed by atoms with Crippen LogP contribution < -0.4 is 0 Å². The highest BCUT2D eigenvalue weighted by molar-refractivity contribution is 8.42. The molecular formula is C36H32S19. The highest BCUT2D eigenvalue weighted by atomic mass is 32.3. The predicted octanol–water partition coefficient (Wildman–Crippen LogP) is 19.2. The van der Waals surface area contributed by atoms with E-state index in [9.17, 15) is 0 Å². The van der Waals surface area contributed by atoms with E-state index in [1.807, 2.05) is 222 Å². The van der Waals surface area contributed by atoms with Crippen LogP contribution in [0.3, 0.4) is 0 Å². The van der Waals surface area contributed by atoms with Gasteiger partial charge in [0.05, 0.1) is 50.8 Å². The van der Waals surface area contributed by atoms with Gasteiger partial charge in [0, 0.05) is 40.4 Å². The molecule has 19 heteroatoms. The van der Waals surface area contributed by atoms with Gasteiger partial charge in [0.25, 0.3) is 0 Å². The number of hydrogen-bond donors (Lipinski definition) is 0. The molecule has 290 valence electrons. The highest BCUT2D eigenvalue weighted by Gasteiger charge is 2.30. The predicted molar refractivity (Wildman–Crippen MR) is 298 cm³/mol. The first-order valence-corrected chi connectivity index (χ1v) is 34.6. The summed E-state index contributed by atoms with van der Waals surface area (Å²) in [5.41, 5.74) is 2.74. The molecule has 0 spiro atoms. The van der Waals surface area contributed by atoms with Gasteiger partial charge in [-0.3, -0.25) is 0 Å². The van der Waals surface area contributed by atoms with Crippen LogP contribution >= 0.6 is 222 Å². The van der Waals surface area contributed by atoms with E-state index in [1.54, 1.807) is 0 Å². The topological polar surface area (TPSA) is 0 Å². The van der Waals surface area contributed by atoms with Gasteiger partial charge in [-0.2, -0.15) is 0 Å². The Morgan fingerprint density at radius 2 is 0.600 bits per heavy atom. The van der Waals surface area contributed by atoms with Crippen molar-refractivity contribution in [3.05, 3.63) is 117 Å². The molecule has 4 aliphatic rings. The van der Waals surface area contributed by atoms with Crippen molar-refractivity contribution in [1.29, 1.82) is 0 Å². The Hall–Kier alpha value is 2.62. The third-order valence-corrected chi connectivity index (χ3v) is 31.3. The van der Waals surface area contributed by atoms with Crippen molar-refractivity contribution in [3.63, 3.8) is 0 Å². The maximum atomic E-state index is 2.39. The second kappa shape index (κ2) is 21.8. The summed E-state index contributed by atoms with van der Waals surface area (Å²) in [6.45, 7) is 0. The molecule has 0 aliphatic carbocycles. The Bertz CT molecular complexity index is 1990. The Labute approximate surface area is 406 Å². The minimum atomic E-state index is 1.31. The number of thioether (sulfide) groups is 16. The van der Waals surface area contributed by atoms with Crippen LogP contribution in [0.1, 0.15) is 29.3 Å². The van der Waals surface area contributed by atoms with Gasteiger partial charge in [0.1, 0.15) is 0 Å². The van der Waals surface area contributed by atoms with Gasteiger partial charge in [-0.25, -0.2) is 0 Å². The fourth-order valence-corrected chi connectivity index (χ4v) is 29.3.